The van der Waals surface area contributed by atoms with E-state index in [0.29, 0.717) is 16.9 Å². The number of carbonyl (C=O) groups excluding carboxylic acids is 1. The van der Waals surface area contributed by atoms with Gasteiger partial charge in [-0.3, -0.25) is 14.5 Å². The van der Waals surface area contributed by atoms with Crippen molar-refractivity contribution < 1.29 is 19.1 Å². The fourth-order valence-corrected chi connectivity index (χ4v) is 5.77. The molecule has 2 heterocycles. The third kappa shape index (κ3) is 3.88. The summed E-state index contributed by atoms with van der Waals surface area (Å²) in [7, 11) is 1.58. The maximum atomic E-state index is 13.3. The number of pyridine rings is 1. The SMILES string of the molecule is Cn1cc(C(N)=O)c2oc(-c3ccc(C4(N(C(=O)O)C(C)(C)C)CCC4)cc3)c(-c3ccccc3)c2c1=O. The first-order valence-electron chi connectivity index (χ1n) is 12.6. The van der Waals surface area contributed by atoms with Crippen LogP contribution in [0.1, 0.15) is 56.0 Å². The van der Waals surface area contributed by atoms with Crippen LogP contribution in [0.25, 0.3) is 33.4 Å². The average Bonchev–Trinajstić information content (AvgIpc) is 3.24. The molecule has 38 heavy (non-hydrogen) atoms. The zero-order chi connectivity index (χ0) is 27.4. The molecule has 0 bridgehead atoms. The first-order valence-corrected chi connectivity index (χ1v) is 12.6. The molecule has 2 aromatic heterocycles. The Morgan fingerprint density at radius 2 is 1.66 bits per heavy atom. The zero-order valence-corrected chi connectivity index (χ0v) is 21.9. The number of aryl methyl sites for hydroxylation is 1. The molecular weight excluding hydrogens is 482 g/mol. The van der Waals surface area contributed by atoms with Gasteiger partial charge in [0.2, 0.25) is 0 Å². The molecule has 1 aliphatic carbocycles. The minimum absolute atomic E-state index is 0.123. The molecule has 0 atom stereocenters. The molecule has 2 aromatic carbocycles. The van der Waals surface area contributed by atoms with Gasteiger partial charge in [0.1, 0.15) is 5.76 Å². The van der Waals surface area contributed by atoms with Gasteiger partial charge in [0.25, 0.3) is 11.5 Å². The van der Waals surface area contributed by atoms with E-state index in [1.54, 1.807) is 11.9 Å². The first-order chi connectivity index (χ1) is 18.0. The molecule has 1 saturated carbocycles. The van der Waals surface area contributed by atoms with Gasteiger partial charge in [-0.25, -0.2) is 4.79 Å². The lowest BCUT2D eigenvalue weighted by molar-refractivity contribution is -0.0328. The number of amides is 2. The summed E-state index contributed by atoms with van der Waals surface area (Å²) in [5, 5.41) is 10.4. The molecule has 2 amide bonds. The van der Waals surface area contributed by atoms with Gasteiger partial charge in [0, 0.05) is 29.9 Å². The fourth-order valence-electron chi connectivity index (χ4n) is 5.77. The summed E-state index contributed by atoms with van der Waals surface area (Å²) in [5.74, 6) is -0.249. The highest BCUT2D eigenvalue weighted by Crippen LogP contribution is 2.50. The molecule has 0 radical (unpaired) electrons. The molecule has 1 fully saturated rings. The molecule has 196 valence electrons. The number of hydrogen-bond acceptors (Lipinski definition) is 4. The summed E-state index contributed by atoms with van der Waals surface area (Å²) < 4.78 is 7.59. The summed E-state index contributed by atoms with van der Waals surface area (Å²) >= 11 is 0. The largest absolute Gasteiger partial charge is 0.465 e. The standard InChI is InChI=1S/C30H31N3O5/c1-29(2,3)33(28(36)37)30(15-8-16-30)20-13-11-19(12-14-20)24-22(18-9-6-5-7-10-18)23-25(38-24)21(26(31)34)17-32(4)27(23)35/h5-7,9-14,17H,8,15-16H2,1-4H3,(H2,31,34)(H,36,37). The summed E-state index contributed by atoms with van der Waals surface area (Å²) in [5.41, 5.74) is 7.41. The molecule has 0 aliphatic heterocycles. The van der Waals surface area contributed by atoms with Crippen molar-refractivity contribution in [2.45, 2.75) is 51.1 Å². The second-order valence-electron chi connectivity index (χ2n) is 11.0. The van der Waals surface area contributed by atoms with E-state index in [-0.39, 0.29) is 22.1 Å². The number of rotatable bonds is 5. The Labute approximate surface area is 220 Å². The highest BCUT2D eigenvalue weighted by atomic mass is 16.4. The lowest BCUT2D eigenvalue weighted by Gasteiger charge is -2.54. The number of aromatic nitrogens is 1. The van der Waals surface area contributed by atoms with E-state index in [1.807, 2.05) is 75.4 Å². The van der Waals surface area contributed by atoms with Gasteiger partial charge in [-0.15, -0.1) is 0 Å². The zero-order valence-electron chi connectivity index (χ0n) is 21.9. The van der Waals surface area contributed by atoms with Crippen LogP contribution in [0.4, 0.5) is 4.79 Å². The molecule has 0 saturated heterocycles. The molecule has 4 aromatic rings. The van der Waals surface area contributed by atoms with Crippen LogP contribution < -0.4 is 11.3 Å². The number of primary amides is 1. The Morgan fingerprint density at radius 1 is 1.03 bits per heavy atom. The van der Waals surface area contributed by atoms with Crippen LogP contribution in [0.2, 0.25) is 0 Å². The van der Waals surface area contributed by atoms with Crippen molar-refractivity contribution >= 4 is 23.0 Å². The number of nitrogens with zero attached hydrogens (tertiary/aromatic N) is 2. The van der Waals surface area contributed by atoms with E-state index in [9.17, 15) is 19.5 Å². The number of fused-ring (bicyclic) bond motifs is 1. The summed E-state index contributed by atoms with van der Waals surface area (Å²) in [6.07, 6.45) is 2.88. The third-order valence-corrected chi connectivity index (χ3v) is 7.49. The number of carbonyl (C=O) groups is 2. The normalized spacial score (nSPS) is 14.7. The lowest BCUT2D eigenvalue weighted by Crippen LogP contribution is -2.60. The molecule has 0 spiro atoms. The van der Waals surface area contributed by atoms with E-state index in [4.69, 9.17) is 10.2 Å². The van der Waals surface area contributed by atoms with Crippen molar-refractivity contribution in [3.05, 3.63) is 82.3 Å². The highest BCUT2D eigenvalue weighted by molar-refractivity contribution is 6.10. The summed E-state index contributed by atoms with van der Waals surface area (Å²) in [6, 6.07) is 17.0. The van der Waals surface area contributed by atoms with Gasteiger partial charge in [0.15, 0.2) is 5.58 Å². The van der Waals surface area contributed by atoms with E-state index in [0.717, 1.165) is 30.4 Å². The monoisotopic (exact) mass is 513 g/mol. The molecule has 3 N–H and O–H groups in total. The maximum absolute atomic E-state index is 13.3. The highest BCUT2D eigenvalue weighted by Gasteiger charge is 2.50. The Bertz CT molecular complexity index is 1600. The van der Waals surface area contributed by atoms with Gasteiger partial charge >= 0.3 is 6.09 Å². The molecule has 0 unspecified atom stereocenters. The predicted molar refractivity (Wildman–Crippen MR) is 146 cm³/mol. The Hall–Kier alpha value is -4.33. The molecule has 1 aliphatic rings. The summed E-state index contributed by atoms with van der Waals surface area (Å²) in [6.45, 7) is 5.73. The van der Waals surface area contributed by atoms with Crippen molar-refractivity contribution in [2.24, 2.45) is 12.8 Å². The topological polar surface area (TPSA) is 119 Å². The number of carboxylic acid groups (broad SMARTS) is 1. The van der Waals surface area contributed by atoms with Crippen LogP contribution in [0, 0.1) is 0 Å². The minimum atomic E-state index is -0.945. The van der Waals surface area contributed by atoms with E-state index in [1.165, 1.54) is 10.8 Å². The van der Waals surface area contributed by atoms with E-state index >= 15 is 0 Å². The van der Waals surface area contributed by atoms with Gasteiger partial charge in [-0.1, -0.05) is 54.6 Å². The fraction of sp³-hybridized carbons (Fsp3) is 0.300. The maximum Gasteiger partial charge on any atom is 0.408 e. The van der Waals surface area contributed by atoms with Crippen molar-refractivity contribution in [1.29, 1.82) is 0 Å². The second kappa shape index (κ2) is 8.90. The molecule has 5 rings (SSSR count). The van der Waals surface area contributed by atoms with Crippen LogP contribution in [0.3, 0.4) is 0 Å². The van der Waals surface area contributed by atoms with Crippen LogP contribution in [0.15, 0.2) is 70.0 Å². The summed E-state index contributed by atoms with van der Waals surface area (Å²) in [4.78, 5) is 39.5. The molecule has 8 heteroatoms. The van der Waals surface area contributed by atoms with Gasteiger partial charge in [-0.2, -0.15) is 0 Å². The molecular formula is C30H31N3O5. The van der Waals surface area contributed by atoms with Crippen LogP contribution >= 0.6 is 0 Å². The average molecular weight is 514 g/mol. The lowest BCUT2D eigenvalue weighted by atomic mass is 9.69. The predicted octanol–water partition coefficient (Wildman–Crippen LogP) is 5.72. The second-order valence-corrected chi connectivity index (χ2v) is 11.0. The van der Waals surface area contributed by atoms with Crippen molar-refractivity contribution in [1.82, 2.24) is 9.47 Å². The Morgan fingerprint density at radius 3 is 2.16 bits per heavy atom. The number of hydrogen-bond donors (Lipinski definition) is 2. The Kier molecular flexibility index (Phi) is 5.93. The Balaban J connectivity index is 1.72. The third-order valence-electron chi connectivity index (χ3n) is 7.49. The minimum Gasteiger partial charge on any atom is -0.465 e. The number of benzene rings is 2. The van der Waals surface area contributed by atoms with Crippen molar-refractivity contribution in [3.63, 3.8) is 0 Å². The smallest absolute Gasteiger partial charge is 0.408 e. The van der Waals surface area contributed by atoms with E-state index in [2.05, 4.69) is 0 Å². The van der Waals surface area contributed by atoms with Crippen LogP contribution in [0.5, 0.6) is 0 Å². The van der Waals surface area contributed by atoms with Gasteiger partial charge < -0.3 is 19.8 Å². The number of nitrogens with two attached hydrogens (primary N) is 1. The van der Waals surface area contributed by atoms with Crippen LogP contribution in [-0.4, -0.2) is 32.1 Å². The van der Waals surface area contributed by atoms with Crippen molar-refractivity contribution in [3.8, 4) is 22.5 Å². The van der Waals surface area contributed by atoms with E-state index < -0.39 is 23.1 Å². The molecule has 8 nitrogen and oxygen atoms in total. The van der Waals surface area contributed by atoms with Crippen molar-refractivity contribution in [2.75, 3.05) is 0 Å². The number of furan rings is 1. The first kappa shape index (κ1) is 25.3. The van der Waals surface area contributed by atoms with Gasteiger partial charge in [0.05, 0.1) is 16.5 Å². The quantitative estimate of drug-likeness (QED) is 0.354. The van der Waals surface area contributed by atoms with Crippen LogP contribution in [-0.2, 0) is 12.6 Å². The van der Waals surface area contributed by atoms with Gasteiger partial charge in [-0.05, 0) is 51.2 Å².